The quantitative estimate of drug-likeness (QED) is 0.726. The molecule has 1 aromatic carbocycles. The Morgan fingerprint density at radius 3 is 2.22 bits per heavy atom. The molecule has 18 heavy (non-hydrogen) atoms. The molecule has 0 amide bonds. The van der Waals surface area contributed by atoms with E-state index < -0.39 is 0 Å². The summed E-state index contributed by atoms with van der Waals surface area (Å²) in [5.41, 5.74) is 0.998. The predicted octanol–water partition coefficient (Wildman–Crippen LogP) is 4.10. The van der Waals surface area contributed by atoms with Crippen LogP contribution in [0.5, 0.6) is 0 Å². The molecule has 1 rings (SSSR count). The van der Waals surface area contributed by atoms with Gasteiger partial charge in [-0.05, 0) is 31.0 Å². The summed E-state index contributed by atoms with van der Waals surface area (Å²) in [4.78, 5) is 2.09. The summed E-state index contributed by atoms with van der Waals surface area (Å²) in [5.74, 6) is -0.291. The molecule has 0 aromatic heterocycles. The summed E-state index contributed by atoms with van der Waals surface area (Å²) in [7, 11) is 0. The number of nitriles is 1. The zero-order chi connectivity index (χ0) is 13.4. The van der Waals surface area contributed by atoms with Crippen LogP contribution >= 0.6 is 0 Å². The molecular weight excluding hydrogens is 227 g/mol. The Kier molecular flexibility index (Phi) is 6.21. The fourth-order valence-corrected chi connectivity index (χ4v) is 1.88. The normalized spacial score (nSPS) is 10.1. The van der Waals surface area contributed by atoms with Crippen LogP contribution in [0.4, 0.5) is 10.1 Å². The molecule has 1 aromatic rings. The van der Waals surface area contributed by atoms with Crippen LogP contribution in [0.15, 0.2) is 18.2 Å². The highest BCUT2D eigenvalue weighted by Gasteiger charge is 2.11. The van der Waals surface area contributed by atoms with Gasteiger partial charge < -0.3 is 4.90 Å². The first kappa shape index (κ1) is 14.5. The SMILES string of the molecule is CCCCN(CCCC)c1ccc(C#N)cc1F. The second kappa shape index (κ2) is 7.71. The van der Waals surface area contributed by atoms with Gasteiger partial charge in [0, 0.05) is 13.1 Å². The fraction of sp³-hybridized carbons (Fsp3) is 0.533. The molecule has 2 nitrogen and oxygen atoms in total. The standard InChI is InChI=1S/C15H21FN2/c1-3-5-9-18(10-6-4-2)15-8-7-13(12-17)11-14(15)16/h7-8,11H,3-6,9-10H2,1-2H3. The molecule has 3 heteroatoms. The number of nitrogens with zero attached hydrogens (tertiary/aromatic N) is 2. The number of hydrogen-bond donors (Lipinski definition) is 0. The van der Waals surface area contributed by atoms with E-state index in [2.05, 4.69) is 18.7 Å². The lowest BCUT2D eigenvalue weighted by Crippen LogP contribution is -2.26. The van der Waals surface area contributed by atoms with Crippen molar-refractivity contribution < 1.29 is 4.39 Å². The lowest BCUT2D eigenvalue weighted by atomic mass is 10.1. The highest BCUT2D eigenvalue weighted by Crippen LogP contribution is 2.21. The van der Waals surface area contributed by atoms with Crippen LogP contribution in [0.25, 0.3) is 0 Å². The van der Waals surface area contributed by atoms with Crippen molar-refractivity contribution in [3.63, 3.8) is 0 Å². The van der Waals surface area contributed by atoms with Crippen LogP contribution in [0.1, 0.15) is 45.1 Å². The number of hydrogen-bond acceptors (Lipinski definition) is 2. The molecule has 98 valence electrons. The van der Waals surface area contributed by atoms with Gasteiger partial charge in [0.1, 0.15) is 5.82 Å². The summed E-state index contributed by atoms with van der Waals surface area (Å²) < 4.78 is 13.9. The Balaban J connectivity index is 2.86. The number of benzene rings is 1. The van der Waals surface area contributed by atoms with Gasteiger partial charge in [-0.25, -0.2) is 4.39 Å². The molecule has 0 aliphatic heterocycles. The molecule has 0 aliphatic rings. The lowest BCUT2D eigenvalue weighted by molar-refractivity contribution is 0.604. The Labute approximate surface area is 109 Å². The highest BCUT2D eigenvalue weighted by molar-refractivity contribution is 5.51. The van der Waals surface area contributed by atoms with Crippen LogP contribution in [-0.2, 0) is 0 Å². The third-order valence-electron chi connectivity index (χ3n) is 2.98. The van der Waals surface area contributed by atoms with Gasteiger partial charge in [0.2, 0.25) is 0 Å². The lowest BCUT2D eigenvalue weighted by Gasteiger charge is -2.25. The summed E-state index contributed by atoms with van der Waals surface area (Å²) in [6, 6.07) is 6.69. The van der Waals surface area contributed by atoms with Gasteiger partial charge in [-0.15, -0.1) is 0 Å². The van der Waals surface area contributed by atoms with Crippen LogP contribution in [0.3, 0.4) is 0 Å². The largest absolute Gasteiger partial charge is 0.369 e. The highest BCUT2D eigenvalue weighted by atomic mass is 19.1. The zero-order valence-corrected chi connectivity index (χ0v) is 11.2. The smallest absolute Gasteiger partial charge is 0.147 e. The topological polar surface area (TPSA) is 27.0 Å². The summed E-state index contributed by atoms with van der Waals surface area (Å²) in [5, 5.41) is 8.74. The summed E-state index contributed by atoms with van der Waals surface area (Å²) >= 11 is 0. The second-order valence-electron chi connectivity index (χ2n) is 4.47. The van der Waals surface area contributed by atoms with Crippen molar-refractivity contribution in [1.82, 2.24) is 0 Å². The van der Waals surface area contributed by atoms with E-state index >= 15 is 0 Å². The van der Waals surface area contributed by atoms with Crippen LogP contribution < -0.4 is 4.90 Å². The molecule has 0 fully saturated rings. The van der Waals surface area contributed by atoms with Gasteiger partial charge in [-0.2, -0.15) is 5.26 Å². The third-order valence-corrected chi connectivity index (χ3v) is 2.98. The molecule has 0 atom stereocenters. The van der Waals surface area contributed by atoms with E-state index in [1.54, 1.807) is 12.1 Å². The van der Waals surface area contributed by atoms with Gasteiger partial charge in [-0.3, -0.25) is 0 Å². The van der Waals surface area contributed by atoms with Crippen molar-refractivity contribution in [2.75, 3.05) is 18.0 Å². The molecule has 0 radical (unpaired) electrons. The maximum absolute atomic E-state index is 13.9. The molecule has 0 unspecified atom stereocenters. The van der Waals surface area contributed by atoms with Gasteiger partial charge in [0.15, 0.2) is 0 Å². The first-order valence-electron chi connectivity index (χ1n) is 6.67. The second-order valence-corrected chi connectivity index (χ2v) is 4.47. The maximum Gasteiger partial charge on any atom is 0.147 e. The molecular formula is C15H21FN2. The van der Waals surface area contributed by atoms with Gasteiger partial charge in [0.25, 0.3) is 0 Å². The summed E-state index contributed by atoms with van der Waals surface area (Å²) in [6.07, 6.45) is 4.31. The molecule has 0 N–H and O–H groups in total. The molecule has 0 saturated heterocycles. The fourth-order valence-electron chi connectivity index (χ4n) is 1.88. The van der Waals surface area contributed by atoms with E-state index in [0.717, 1.165) is 38.8 Å². The van der Waals surface area contributed by atoms with Crippen molar-refractivity contribution in [1.29, 1.82) is 5.26 Å². The minimum atomic E-state index is -0.291. The van der Waals surface area contributed by atoms with Gasteiger partial charge >= 0.3 is 0 Å². The molecule has 0 aliphatic carbocycles. The van der Waals surface area contributed by atoms with E-state index in [1.807, 2.05) is 6.07 Å². The predicted molar refractivity (Wildman–Crippen MR) is 73.1 cm³/mol. The zero-order valence-electron chi connectivity index (χ0n) is 11.2. The third kappa shape index (κ3) is 4.03. The molecule has 0 saturated carbocycles. The number of rotatable bonds is 7. The van der Waals surface area contributed by atoms with E-state index in [0.29, 0.717) is 11.3 Å². The Morgan fingerprint density at radius 2 is 1.78 bits per heavy atom. The van der Waals surface area contributed by atoms with Crippen molar-refractivity contribution in [2.45, 2.75) is 39.5 Å². The summed E-state index contributed by atoms with van der Waals surface area (Å²) in [6.45, 7) is 6.01. The average molecular weight is 248 g/mol. The van der Waals surface area contributed by atoms with E-state index in [4.69, 9.17) is 5.26 Å². The molecule has 0 spiro atoms. The Hall–Kier alpha value is -1.56. The molecule has 0 bridgehead atoms. The first-order chi connectivity index (χ1) is 8.72. The monoisotopic (exact) mass is 248 g/mol. The minimum Gasteiger partial charge on any atom is -0.369 e. The van der Waals surface area contributed by atoms with Crippen LogP contribution in [0.2, 0.25) is 0 Å². The van der Waals surface area contributed by atoms with Crippen LogP contribution in [-0.4, -0.2) is 13.1 Å². The van der Waals surface area contributed by atoms with Crippen molar-refractivity contribution in [3.05, 3.63) is 29.6 Å². The number of unbranched alkanes of at least 4 members (excludes halogenated alkanes) is 2. The van der Waals surface area contributed by atoms with Gasteiger partial charge in [-0.1, -0.05) is 26.7 Å². The number of halogens is 1. The van der Waals surface area contributed by atoms with Crippen LogP contribution in [0, 0.1) is 17.1 Å². The van der Waals surface area contributed by atoms with Gasteiger partial charge in [0.05, 0.1) is 17.3 Å². The van der Waals surface area contributed by atoms with Crippen molar-refractivity contribution >= 4 is 5.69 Å². The molecule has 0 heterocycles. The van der Waals surface area contributed by atoms with Crippen molar-refractivity contribution in [2.24, 2.45) is 0 Å². The Morgan fingerprint density at radius 1 is 1.17 bits per heavy atom. The van der Waals surface area contributed by atoms with Crippen molar-refractivity contribution in [3.8, 4) is 6.07 Å². The van der Waals surface area contributed by atoms with E-state index in [1.165, 1.54) is 6.07 Å². The number of anilines is 1. The first-order valence-corrected chi connectivity index (χ1v) is 6.67. The maximum atomic E-state index is 13.9. The minimum absolute atomic E-state index is 0.291. The van der Waals surface area contributed by atoms with E-state index in [-0.39, 0.29) is 5.82 Å². The Bertz CT molecular complexity index is 401. The van der Waals surface area contributed by atoms with E-state index in [9.17, 15) is 4.39 Å². The average Bonchev–Trinajstić information content (AvgIpc) is 2.39.